The van der Waals surface area contributed by atoms with Crippen LogP contribution in [0.25, 0.3) is 0 Å². The second-order valence-electron chi connectivity index (χ2n) is 2.89. The van der Waals surface area contributed by atoms with Gasteiger partial charge < -0.3 is 9.47 Å². The van der Waals surface area contributed by atoms with Gasteiger partial charge in [0.15, 0.2) is 0 Å². The lowest BCUT2D eigenvalue weighted by atomic mass is 10.0. The van der Waals surface area contributed by atoms with E-state index in [1.165, 1.54) is 0 Å². The fourth-order valence-corrected chi connectivity index (χ4v) is 1.31. The number of nitrogens with zero attached hydrogens (tertiary/aromatic N) is 1. The van der Waals surface area contributed by atoms with Gasteiger partial charge in [0.2, 0.25) is 5.90 Å². The molecular weight excluding hydrogens is 168 g/mol. The molecule has 0 saturated heterocycles. The van der Waals surface area contributed by atoms with Gasteiger partial charge in [-0.1, -0.05) is 0 Å². The van der Waals surface area contributed by atoms with Crippen molar-refractivity contribution in [3.05, 3.63) is 23.9 Å². The molecule has 1 atom stereocenters. The van der Waals surface area contributed by atoms with E-state index in [4.69, 9.17) is 20.1 Å². The van der Waals surface area contributed by atoms with Crippen molar-refractivity contribution in [2.45, 2.75) is 12.8 Å². The van der Waals surface area contributed by atoms with Crippen LogP contribution in [-0.4, -0.2) is 5.90 Å². The van der Waals surface area contributed by atoms with Crippen LogP contribution >= 0.6 is 0 Å². The van der Waals surface area contributed by atoms with Crippen molar-refractivity contribution in [1.82, 2.24) is 0 Å². The van der Waals surface area contributed by atoms with Gasteiger partial charge in [-0.25, -0.2) is 0 Å². The SMILES string of the molecule is N#CC1CC2=C(CC=CO2)OC1=N. The van der Waals surface area contributed by atoms with Gasteiger partial charge in [0.1, 0.15) is 17.4 Å². The number of hydrogen-bond acceptors (Lipinski definition) is 4. The topological polar surface area (TPSA) is 66.1 Å². The Bertz CT molecular complexity index is 349. The van der Waals surface area contributed by atoms with Gasteiger partial charge in [0.25, 0.3) is 0 Å². The Morgan fingerprint density at radius 3 is 3.15 bits per heavy atom. The number of nitriles is 1. The van der Waals surface area contributed by atoms with Crippen molar-refractivity contribution in [3.63, 3.8) is 0 Å². The second kappa shape index (κ2) is 2.94. The summed E-state index contributed by atoms with van der Waals surface area (Å²) in [5.41, 5.74) is 0. The van der Waals surface area contributed by atoms with E-state index >= 15 is 0 Å². The summed E-state index contributed by atoms with van der Waals surface area (Å²) in [6, 6.07) is 2.00. The number of hydrogen-bond donors (Lipinski definition) is 1. The molecule has 0 aromatic carbocycles. The van der Waals surface area contributed by atoms with Crippen LogP contribution in [0.15, 0.2) is 23.9 Å². The third-order valence-electron chi connectivity index (χ3n) is 2.02. The Hall–Kier alpha value is -1.76. The normalized spacial score (nSPS) is 25.8. The second-order valence-corrected chi connectivity index (χ2v) is 2.89. The molecule has 0 aliphatic carbocycles. The quantitative estimate of drug-likeness (QED) is 0.610. The number of allylic oxidation sites excluding steroid dienone is 2. The molecule has 4 nitrogen and oxygen atoms in total. The largest absolute Gasteiger partial charge is 0.466 e. The maximum Gasteiger partial charge on any atom is 0.204 e. The molecule has 0 saturated carbocycles. The highest BCUT2D eigenvalue weighted by Gasteiger charge is 2.29. The zero-order chi connectivity index (χ0) is 9.26. The average Bonchev–Trinajstić information content (AvgIpc) is 2.17. The maximum absolute atomic E-state index is 8.68. The van der Waals surface area contributed by atoms with Crippen molar-refractivity contribution in [2.75, 3.05) is 0 Å². The van der Waals surface area contributed by atoms with Crippen molar-refractivity contribution < 1.29 is 9.47 Å². The molecule has 0 fully saturated rings. The van der Waals surface area contributed by atoms with Gasteiger partial charge in [0.05, 0.1) is 12.3 Å². The van der Waals surface area contributed by atoms with Crippen LogP contribution in [0.4, 0.5) is 0 Å². The van der Waals surface area contributed by atoms with Crippen LogP contribution in [0.2, 0.25) is 0 Å². The van der Waals surface area contributed by atoms with Crippen molar-refractivity contribution in [3.8, 4) is 6.07 Å². The highest BCUT2D eigenvalue weighted by Crippen LogP contribution is 2.30. The summed E-state index contributed by atoms with van der Waals surface area (Å²) >= 11 is 0. The lowest BCUT2D eigenvalue weighted by molar-refractivity contribution is 0.234. The molecule has 1 N–H and O–H groups in total. The average molecular weight is 176 g/mol. The monoisotopic (exact) mass is 176 g/mol. The molecule has 2 rings (SSSR count). The van der Waals surface area contributed by atoms with Crippen LogP contribution in [0.1, 0.15) is 12.8 Å². The Labute approximate surface area is 75.6 Å². The Balaban J connectivity index is 2.23. The van der Waals surface area contributed by atoms with Gasteiger partial charge >= 0.3 is 0 Å². The molecule has 0 aromatic rings. The molecule has 13 heavy (non-hydrogen) atoms. The summed E-state index contributed by atoms with van der Waals surface area (Å²) < 4.78 is 10.3. The molecule has 0 bridgehead atoms. The number of ether oxygens (including phenoxy) is 2. The molecule has 2 aliphatic rings. The molecular formula is C9H8N2O2. The van der Waals surface area contributed by atoms with E-state index in [2.05, 4.69) is 0 Å². The van der Waals surface area contributed by atoms with Gasteiger partial charge in [-0.3, -0.25) is 5.41 Å². The van der Waals surface area contributed by atoms with E-state index in [-0.39, 0.29) is 5.90 Å². The molecule has 0 radical (unpaired) electrons. The molecule has 2 heterocycles. The Morgan fingerprint density at radius 1 is 1.54 bits per heavy atom. The summed E-state index contributed by atoms with van der Waals surface area (Å²) in [4.78, 5) is 0. The first-order chi connectivity index (χ1) is 6.31. The van der Waals surface area contributed by atoms with Gasteiger partial charge in [0, 0.05) is 12.8 Å². The summed E-state index contributed by atoms with van der Waals surface area (Å²) in [7, 11) is 0. The Kier molecular flexibility index (Phi) is 1.78. The summed E-state index contributed by atoms with van der Waals surface area (Å²) in [5.74, 6) is 0.884. The molecule has 0 amide bonds. The van der Waals surface area contributed by atoms with Gasteiger partial charge in [-0.15, -0.1) is 0 Å². The van der Waals surface area contributed by atoms with E-state index in [1.54, 1.807) is 6.26 Å². The molecule has 66 valence electrons. The first kappa shape index (κ1) is 7.87. The minimum absolute atomic E-state index is 0.0279. The van der Waals surface area contributed by atoms with Crippen LogP contribution < -0.4 is 0 Å². The molecule has 2 aliphatic heterocycles. The maximum atomic E-state index is 8.68. The number of nitrogens with one attached hydrogen (secondary N) is 1. The molecule has 1 unspecified atom stereocenters. The molecule has 0 spiro atoms. The van der Waals surface area contributed by atoms with E-state index in [1.807, 2.05) is 12.1 Å². The zero-order valence-electron chi connectivity index (χ0n) is 6.91. The first-order valence-electron chi connectivity index (χ1n) is 4.01. The third kappa shape index (κ3) is 1.29. The van der Waals surface area contributed by atoms with E-state index in [9.17, 15) is 0 Å². The smallest absolute Gasteiger partial charge is 0.204 e. The van der Waals surface area contributed by atoms with Gasteiger partial charge in [-0.2, -0.15) is 5.26 Å². The minimum atomic E-state index is -0.495. The summed E-state index contributed by atoms with van der Waals surface area (Å²) in [6.07, 6.45) is 4.51. The lowest BCUT2D eigenvalue weighted by Gasteiger charge is -2.24. The lowest BCUT2D eigenvalue weighted by Crippen LogP contribution is -2.23. The van der Waals surface area contributed by atoms with Gasteiger partial charge in [-0.05, 0) is 6.08 Å². The van der Waals surface area contributed by atoms with E-state index < -0.39 is 5.92 Å². The Morgan fingerprint density at radius 2 is 2.38 bits per heavy atom. The number of rotatable bonds is 0. The fraction of sp³-hybridized carbons (Fsp3) is 0.333. The molecule has 4 heteroatoms. The van der Waals surface area contributed by atoms with Crippen LogP contribution in [0.5, 0.6) is 0 Å². The summed E-state index contributed by atoms with van der Waals surface area (Å²) in [5, 5.41) is 16.1. The van der Waals surface area contributed by atoms with Crippen molar-refractivity contribution in [1.29, 1.82) is 10.7 Å². The van der Waals surface area contributed by atoms with Crippen molar-refractivity contribution in [2.24, 2.45) is 5.92 Å². The predicted octanol–water partition coefficient (Wildman–Crippen LogP) is 1.67. The van der Waals surface area contributed by atoms with E-state index in [0.717, 1.165) is 0 Å². The fourth-order valence-electron chi connectivity index (χ4n) is 1.31. The predicted molar refractivity (Wildman–Crippen MR) is 44.4 cm³/mol. The summed E-state index contributed by atoms with van der Waals surface area (Å²) in [6.45, 7) is 0. The van der Waals surface area contributed by atoms with Crippen molar-refractivity contribution >= 4 is 5.90 Å². The van der Waals surface area contributed by atoms with Crippen LogP contribution in [-0.2, 0) is 9.47 Å². The van der Waals surface area contributed by atoms with Crippen LogP contribution in [0, 0.1) is 22.7 Å². The minimum Gasteiger partial charge on any atom is -0.466 e. The first-order valence-corrected chi connectivity index (χ1v) is 4.01. The third-order valence-corrected chi connectivity index (χ3v) is 2.02. The zero-order valence-corrected chi connectivity index (χ0v) is 6.91. The highest BCUT2D eigenvalue weighted by atomic mass is 16.5. The standard InChI is InChI=1S/C9H8N2O2/c10-5-6-4-8-7(13-9(6)11)2-1-3-12-8/h1,3,6,11H,2,4H2. The van der Waals surface area contributed by atoms with E-state index in [0.29, 0.717) is 24.4 Å². The highest BCUT2D eigenvalue weighted by molar-refractivity contribution is 5.80. The van der Waals surface area contributed by atoms with Crippen LogP contribution in [0.3, 0.4) is 0 Å². The molecule has 0 aromatic heterocycles.